The molecular weight excluding hydrogens is 314 g/mol. The zero-order valence-electron chi connectivity index (χ0n) is 14.2. The molecule has 0 aromatic heterocycles. The van der Waals surface area contributed by atoms with Crippen LogP contribution in [0.3, 0.4) is 0 Å². The highest BCUT2D eigenvalue weighted by molar-refractivity contribution is 7.89. The summed E-state index contributed by atoms with van der Waals surface area (Å²) in [5.41, 5.74) is 0. The van der Waals surface area contributed by atoms with Gasteiger partial charge in [0.1, 0.15) is 0 Å². The fourth-order valence-electron chi connectivity index (χ4n) is 4.65. The second-order valence-corrected chi connectivity index (χ2v) is 9.62. The standard InChI is InChI=1S/C16H29N3O3S/c1-3-23(21,22)19-8-6-18(7-9-19)16(20)17-12(2)15-11-13-4-5-14(15)10-13/h12-15H,3-11H2,1-2H3,(H,17,20). The second-order valence-electron chi connectivity index (χ2n) is 7.36. The summed E-state index contributed by atoms with van der Waals surface area (Å²) in [6.07, 6.45) is 5.30. The minimum Gasteiger partial charge on any atom is -0.335 e. The maximum Gasteiger partial charge on any atom is 0.317 e. The molecule has 7 heteroatoms. The van der Waals surface area contributed by atoms with Crippen molar-refractivity contribution in [2.75, 3.05) is 31.9 Å². The molecule has 4 atom stereocenters. The Labute approximate surface area is 139 Å². The maximum absolute atomic E-state index is 12.4. The number of rotatable bonds is 4. The quantitative estimate of drug-likeness (QED) is 0.841. The second kappa shape index (κ2) is 6.59. The van der Waals surface area contributed by atoms with Crippen LogP contribution in [0.1, 0.15) is 39.5 Å². The maximum atomic E-state index is 12.4. The van der Waals surface area contributed by atoms with Crippen molar-refractivity contribution < 1.29 is 13.2 Å². The molecule has 3 fully saturated rings. The summed E-state index contributed by atoms with van der Waals surface area (Å²) < 4.78 is 25.2. The van der Waals surface area contributed by atoms with Gasteiger partial charge in [-0.05, 0) is 50.9 Å². The number of carbonyl (C=O) groups excluding carboxylic acids is 1. The number of carbonyl (C=O) groups is 1. The first kappa shape index (κ1) is 17.0. The van der Waals surface area contributed by atoms with Crippen molar-refractivity contribution in [2.45, 2.75) is 45.6 Å². The van der Waals surface area contributed by atoms with Crippen LogP contribution in [0.25, 0.3) is 0 Å². The number of hydrogen-bond acceptors (Lipinski definition) is 3. The van der Waals surface area contributed by atoms with Crippen LogP contribution in [0.5, 0.6) is 0 Å². The molecule has 1 heterocycles. The Kier molecular flexibility index (Phi) is 4.88. The Morgan fingerprint density at radius 3 is 2.39 bits per heavy atom. The molecule has 4 unspecified atom stereocenters. The predicted molar refractivity (Wildman–Crippen MR) is 89.5 cm³/mol. The summed E-state index contributed by atoms with van der Waals surface area (Å²) in [5.74, 6) is 2.42. The van der Waals surface area contributed by atoms with Gasteiger partial charge in [0, 0.05) is 32.2 Å². The van der Waals surface area contributed by atoms with Crippen molar-refractivity contribution in [3.8, 4) is 0 Å². The van der Waals surface area contributed by atoms with E-state index in [0.717, 1.165) is 11.8 Å². The van der Waals surface area contributed by atoms with E-state index < -0.39 is 10.0 Å². The van der Waals surface area contributed by atoms with E-state index >= 15 is 0 Å². The topological polar surface area (TPSA) is 69.7 Å². The van der Waals surface area contributed by atoms with E-state index in [1.807, 2.05) is 0 Å². The lowest BCUT2D eigenvalue weighted by Gasteiger charge is -2.36. The van der Waals surface area contributed by atoms with E-state index in [1.165, 1.54) is 30.0 Å². The summed E-state index contributed by atoms with van der Waals surface area (Å²) in [5, 5.41) is 3.16. The van der Waals surface area contributed by atoms with Crippen molar-refractivity contribution in [3.05, 3.63) is 0 Å². The van der Waals surface area contributed by atoms with Gasteiger partial charge in [0.25, 0.3) is 0 Å². The largest absolute Gasteiger partial charge is 0.335 e. The van der Waals surface area contributed by atoms with Crippen LogP contribution in [0.15, 0.2) is 0 Å². The number of amides is 2. The van der Waals surface area contributed by atoms with Gasteiger partial charge >= 0.3 is 6.03 Å². The molecule has 0 aromatic carbocycles. The first-order chi connectivity index (χ1) is 10.9. The van der Waals surface area contributed by atoms with Crippen LogP contribution in [-0.2, 0) is 10.0 Å². The SMILES string of the molecule is CCS(=O)(=O)N1CCN(C(=O)NC(C)C2CC3CCC2C3)CC1. The Morgan fingerprint density at radius 2 is 1.87 bits per heavy atom. The third-order valence-corrected chi connectivity index (χ3v) is 7.95. The van der Waals surface area contributed by atoms with Crippen LogP contribution in [0, 0.1) is 17.8 Å². The normalized spacial score (nSPS) is 33.0. The number of fused-ring (bicyclic) bond motifs is 2. The molecule has 2 saturated carbocycles. The molecule has 23 heavy (non-hydrogen) atoms. The minimum absolute atomic E-state index is 0.0335. The number of nitrogens with one attached hydrogen (secondary N) is 1. The van der Waals surface area contributed by atoms with Crippen LogP contribution in [0.4, 0.5) is 4.79 Å². The molecule has 1 aliphatic heterocycles. The monoisotopic (exact) mass is 343 g/mol. The fourth-order valence-corrected chi connectivity index (χ4v) is 5.74. The lowest BCUT2D eigenvalue weighted by Crippen LogP contribution is -2.55. The highest BCUT2D eigenvalue weighted by Crippen LogP contribution is 2.49. The molecule has 2 amide bonds. The zero-order chi connectivity index (χ0) is 16.6. The van der Waals surface area contributed by atoms with Crippen LogP contribution < -0.4 is 5.32 Å². The molecule has 2 aliphatic carbocycles. The zero-order valence-corrected chi connectivity index (χ0v) is 15.0. The molecule has 2 bridgehead atoms. The summed E-state index contributed by atoms with van der Waals surface area (Å²) in [4.78, 5) is 14.2. The van der Waals surface area contributed by atoms with E-state index in [-0.39, 0.29) is 17.8 Å². The summed E-state index contributed by atoms with van der Waals surface area (Å²) in [7, 11) is -3.14. The molecule has 3 rings (SSSR count). The summed E-state index contributed by atoms with van der Waals surface area (Å²) >= 11 is 0. The highest BCUT2D eigenvalue weighted by Gasteiger charge is 2.42. The van der Waals surface area contributed by atoms with Gasteiger partial charge in [-0.3, -0.25) is 0 Å². The molecule has 1 N–H and O–H groups in total. The fraction of sp³-hybridized carbons (Fsp3) is 0.938. The number of urea groups is 1. The van der Waals surface area contributed by atoms with Gasteiger partial charge in [0.05, 0.1) is 5.75 Å². The summed E-state index contributed by atoms with van der Waals surface area (Å²) in [6, 6.07) is 0.184. The first-order valence-corrected chi connectivity index (χ1v) is 10.5. The van der Waals surface area contributed by atoms with Crippen LogP contribution in [-0.4, -0.2) is 61.6 Å². The van der Waals surface area contributed by atoms with Gasteiger partial charge in [0.2, 0.25) is 10.0 Å². The molecule has 0 radical (unpaired) electrons. The molecule has 0 spiro atoms. The Balaban J connectivity index is 1.48. The highest BCUT2D eigenvalue weighted by atomic mass is 32.2. The molecule has 1 saturated heterocycles. The third-order valence-electron chi connectivity index (χ3n) is 6.07. The van der Waals surface area contributed by atoms with Gasteiger partial charge < -0.3 is 10.2 Å². The molecule has 0 aromatic rings. The van der Waals surface area contributed by atoms with Crippen molar-refractivity contribution in [2.24, 2.45) is 17.8 Å². The van der Waals surface area contributed by atoms with Gasteiger partial charge in [-0.1, -0.05) is 6.42 Å². The van der Waals surface area contributed by atoms with Gasteiger partial charge in [-0.15, -0.1) is 0 Å². The van der Waals surface area contributed by atoms with E-state index in [2.05, 4.69) is 12.2 Å². The van der Waals surface area contributed by atoms with E-state index in [4.69, 9.17) is 0 Å². The van der Waals surface area contributed by atoms with Crippen LogP contribution in [0.2, 0.25) is 0 Å². The van der Waals surface area contributed by atoms with Gasteiger partial charge in [-0.2, -0.15) is 4.31 Å². The minimum atomic E-state index is -3.14. The molecule has 3 aliphatic rings. The molecular formula is C16H29N3O3S. The van der Waals surface area contributed by atoms with Gasteiger partial charge in [-0.25, -0.2) is 13.2 Å². The number of hydrogen-bond donors (Lipinski definition) is 1. The van der Waals surface area contributed by atoms with Crippen molar-refractivity contribution >= 4 is 16.1 Å². The van der Waals surface area contributed by atoms with Crippen molar-refractivity contribution in [1.82, 2.24) is 14.5 Å². The van der Waals surface area contributed by atoms with Gasteiger partial charge in [0.15, 0.2) is 0 Å². The number of nitrogens with zero attached hydrogens (tertiary/aromatic N) is 2. The average molecular weight is 343 g/mol. The lowest BCUT2D eigenvalue weighted by atomic mass is 9.84. The number of piperazine rings is 1. The number of sulfonamides is 1. The predicted octanol–water partition coefficient (Wildman–Crippen LogP) is 1.49. The molecule has 132 valence electrons. The smallest absolute Gasteiger partial charge is 0.317 e. The molecule has 6 nitrogen and oxygen atoms in total. The Hall–Kier alpha value is -0.820. The van der Waals surface area contributed by atoms with E-state index in [1.54, 1.807) is 11.8 Å². The van der Waals surface area contributed by atoms with Crippen molar-refractivity contribution in [1.29, 1.82) is 0 Å². The summed E-state index contributed by atoms with van der Waals surface area (Å²) in [6.45, 7) is 5.56. The average Bonchev–Trinajstić information content (AvgIpc) is 3.18. The van der Waals surface area contributed by atoms with E-state index in [0.29, 0.717) is 32.1 Å². The lowest BCUT2D eigenvalue weighted by molar-refractivity contribution is 0.161. The Morgan fingerprint density at radius 1 is 1.17 bits per heavy atom. The van der Waals surface area contributed by atoms with Crippen LogP contribution >= 0.6 is 0 Å². The Bertz CT molecular complexity index is 543. The van der Waals surface area contributed by atoms with Crippen molar-refractivity contribution in [3.63, 3.8) is 0 Å². The van der Waals surface area contributed by atoms with E-state index in [9.17, 15) is 13.2 Å². The third kappa shape index (κ3) is 3.50. The first-order valence-electron chi connectivity index (χ1n) is 8.94.